The van der Waals surface area contributed by atoms with Crippen LogP contribution in [0, 0.1) is 11.3 Å². The van der Waals surface area contributed by atoms with Crippen molar-refractivity contribution < 1.29 is 0 Å². The summed E-state index contributed by atoms with van der Waals surface area (Å²) in [4.78, 5) is 2.26. The Kier molecular flexibility index (Phi) is 4.55. The van der Waals surface area contributed by atoms with Gasteiger partial charge in [0.05, 0.1) is 28.4 Å². The van der Waals surface area contributed by atoms with E-state index in [1.165, 1.54) is 38.6 Å². The lowest BCUT2D eigenvalue weighted by Crippen LogP contribution is -2.26. The molecule has 7 rings (SSSR count). The molecule has 0 fully saturated rings. The molecule has 0 saturated carbocycles. The summed E-state index contributed by atoms with van der Waals surface area (Å²) in [5.74, 6) is 0. The van der Waals surface area contributed by atoms with Crippen LogP contribution in [0.1, 0.15) is 30.5 Å². The maximum absolute atomic E-state index is 9.31. The van der Waals surface area contributed by atoms with Crippen molar-refractivity contribution in [2.45, 2.75) is 19.3 Å². The Morgan fingerprint density at radius 3 is 2.11 bits per heavy atom. The molecule has 176 valence electrons. The Morgan fingerprint density at radius 1 is 0.649 bits per heavy atom. The Hall–Kier alpha value is -4.81. The van der Waals surface area contributed by atoms with Gasteiger partial charge in [-0.05, 0) is 71.8 Å². The van der Waals surface area contributed by atoms with E-state index in [9.17, 15) is 5.26 Å². The molecule has 5 aromatic carbocycles. The zero-order chi connectivity index (χ0) is 25.1. The molecule has 1 aliphatic rings. The summed E-state index contributed by atoms with van der Waals surface area (Å²) in [7, 11) is 0. The minimum atomic E-state index is -0.0815. The van der Waals surface area contributed by atoms with E-state index >= 15 is 0 Å². The number of rotatable bonds is 3. The van der Waals surface area contributed by atoms with Crippen LogP contribution in [0.15, 0.2) is 115 Å². The van der Waals surface area contributed by atoms with Gasteiger partial charge in [0.2, 0.25) is 0 Å². The number of nitrogens with zero attached hydrogens (tertiary/aromatic N) is 3. The lowest BCUT2D eigenvalue weighted by molar-refractivity contribution is 0.630. The first kappa shape index (κ1) is 21.5. The molecule has 0 bridgehead atoms. The van der Waals surface area contributed by atoms with Crippen LogP contribution in [0.2, 0.25) is 0 Å². The van der Waals surface area contributed by atoms with Gasteiger partial charge in [-0.25, -0.2) is 0 Å². The van der Waals surface area contributed by atoms with Crippen LogP contribution in [0.3, 0.4) is 0 Å². The third-order valence-corrected chi connectivity index (χ3v) is 7.79. The van der Waals surface area contributed by atoms with Gasteiger partial charge in [-0.1, -0.05) is 68.4 Å². The van der Waals surface area contributed by atoms with Gasteiger partial charge in [0.15, 0.2) is 0 Å². The summed E-state index contributed by atoms with van der Waals surface area (Å²) in [5, 5.41) is 11.8. The van der Waals surface area contributed by atoms with Crippen molar-refractivity contribution in [3.05, 3.63) is 132 Å². The van der Waals surface area contributed by atoms with Gasteiger partial charge >= 0.3 is 0 Å². The fourth-order valence-electron chi connectivity index (χ4n) is 6.00. The third-order valence-electron chi connectivity index (χ3n) is 7.79. The Morgan fingerprint density at radius 2 is 1.32 bits per heavy atom. The van der Waals surface area contributed by atoms with Crippen LogP contribution in [-0.4, -0.2) is 4.57 Å². The second-order valence-corrected chi connectivity index (χ2v) is 10.2. The van der Waals surface area contributed by atoms with E-state index in [2.05, 4.69) is 114 Å². The highest BCUT2D eigenvalue weighted by Crippen LogP contribution is 2.48. The van der Waals surface area contributed by atoms with Crippen molar-refractivity contribution in [3.8, 4) is 11.8 Å². The molecule has 2 heterocycles. The van der Waals surface area contributed by atoms with Gasteiger partial charge in [0.25, 0.3) is 0 Å². The van der Waals surface area contributed by atoms with E-state index in [0.717, 1.165) is 17.1 Å². The van der Waals surface area contributed by atoms with Crippen LogP contribution in [-0.2, 0) is 5.41 Å². The van der Waals surface area contributed by atoms with Crippen molar-refractivity contribution in [1.29, 1.82) is 5.26 Å². The number of hydrogen-bond acceptors (Lipinski definition) is 2. The fraction of sp³-hybridized carbons (Fsp3) is 0.0882. The minimum Gasteiger partial charge on any atom is -0.310 e. The number of nitriles is 1. The molecule has 3 heteroatoms. The zero-order valence-corrected chi connectivity index (χ0v) is 20.8. The van der Waals surface area contributed by atoms with E-state index in [1.807, 2.05) is 30.3 Å². The summed E-state index contributed by atoms with van der Waals surface area (Å²) in [6.07, 6.45) is 0. The monoisotopic (exact) mass is 475 g/mol. The van der Waals surface area contributed by atoms with Crippen LogP contribution >= 0.6 is 0 Å². The molecule has 0 unspecified atom stereocenters. The molecule has 0 aliphatic carbocycles. The number of benzene rings is 5. The molecule has 0 spiro atoms. The van der Waals surface area contributed by atoms with E-state index < -0.39 is 0 Å². The highest BCUT2D eigenvalue weighted by molar-refractivity contribution is 6.12. The predicted molar refractivity (Wildman–Crippen MR) is 152 cm³/mol. The fourth-order valence-corrected chi connectivity index (χ4v) is 6.00. The number of fused-ring (bicyclic) bond motifs is 5. The first-order valence-corrected chi connectivity index (χ1v) is 12.6. The molecule has 0 atom stereocenters. The smallest absolute Gasteiger partial charge is 0.0991 e. The van der Waals surface area contributed by atoms with Crippen molar-refractivity contribution in [3.63, 3.8) is 0 Å². The van der Waals surface area contributed by atoms with Crippen LogP contribution in [0.5, 0.6) is 0 Å². The first-order valence-electron chi connectivity index (χ1n) is 12.6. The largest absolute Gasteiger partial charge is 0.310 e. The third kappa shape index (κ3) is 3.06. The first-order chi connectivity index (χ1) is 18.1. The Bertz CT molecular complexity index is 1850. The minimum absolute atomic E-state index is 0.0815. The SMILES string of the molecule is CC1(C)c2ccccc2-n2c3ccc(N(c4ccccc4)c4ccc(C#N)cc4)cc3c3cccc1c32. The number of aromatic nitrogens is 1. The summed E-state index contributed by atoms with van der Waals surface area (Å²) in [5.41, 5.74) is 10.2. The maximum Gasteiger partial charge on any atom is 0.0991 e. The Labute approximate surface area is 216 Å². The second-order valence-electron chi connectivity index (χ2n) is 10.2. The van der Waals surface area contributed by atoms with Gasteiger partial charge in [0, 0.05) is 33.2 Å². The average Bonchev–Trinajstić information content (AvgIpc) is 3.27. The molecular formula is C34H25N3. The van der Waals surface area contributed by atoms with Crippen LogP contribution in [0.4, 0.5) is 17.1 Å². The van der Waals surface area contributed by atoms with E-state index in [0.29, 0.717) is 5.56 Å². The number of para-hydroxylation sites is 3. The normalized spacial score (nSPS) is 13.3. The van der Waals surface area contributed by atoms with Crippen molar-refractivity contribution in [2.24, 2.45) is 0 Å². The number of hydrogen-bond donors (Lipinski definition) is 0. The molecule has 37 heavy (non-hydrogen) atoms. The topological polar surface area (TPSA) is 32.0 Å². The molecule has 6 aromatic rings. The lowest BCUT2D eigenvalue weighted by atomic mass is 9.75. The maximum atomic E-state index is 9.31. The summed E-state index contributed by atoms with van der Waals surface area (Å²) in [6.45, 7) is 4.66. The van der Waals surface area contributed by atoms with Crippen molar-refractivity contribution in [1.82, 2.24) is 4.57 Å². The van der Waals surface area contributed by atoms with Crippen LogP contribution < -0.4 is 4.90 Å². The zero-order valence-electron chi connectivity index (χ0n) is 20.8. The highest BCUT2D eigenvalue weighted by Gasteiger charge is 2.34. The molecular weight excluding hydrogens is 450 g/mol. The van der Waals surface area contributed by atoms with Crippen LogP contribution in [0.25, 0.3) is 27.5 Å². The van der Waals surface area contributed by atoms with E-state index in [1.54, 1.807) is 0 Å². The molecule has 0 radical (unpaired) electrons. The summed E-state index contributed by atoms with van der Waals surface area (Å²) < 4.78 is 2.44. The highest BCUT2D eigenvalue weighted by atomic mass is 15.1. The quantitative estimate of drug-likeness (QED) is 0.256. The van der Waals surface area contributed by atoms with Gasteiger partial charge in [0.1, 0.15) is 0 Å². The van der Waals surface area contributed by atoms with E-state index in [-0.39, 0.29) is 5.41 Å². The number of anilines is 3. The standard InChI is InChI=1S/C34H25N3/c1-34(2)29-12-6-7-14-32(29)37-31-20-19-26(21-28(31)27-11-8-13-30(34)33(27)37)36(24-9-4-3-5-10-24)25-17-15-23(22-35)16-18-25/h3-21H,1-2H3. The Balaban J connectivity index is 1.52. The molecule has 1 aromatic heterocycles. The van der Waals surface area contributed by atoms with Crippen molar-refractivity contribution >= 4 is 38.9 Å². The lowest BCUT2D eigenvalue weighted by Gasteiger charge is -2.34. The van der Waals surface area contributed by atoms with Crippen molar-refractivity contribution in [2.75, 3.05) is 4.90 Å². The second kappa shape index (κ2) is 7.85. The van der Waals surface area contributed by atoms with Gasteiger partial charge in [-0.15, -0.1) is 0 Å². The van der Waals surface area contributed by atoms with Gasteiger partial charge in [-0.3, -0.25) is 0 Å². The molecule has 1 aliphatic heterocycles. The summed E-state index contributed by atoms with van der Waals surface area (Å²) in [6, 6.07) is 42.7. The van der Waals surface area contributed by atoms with E-state index in [4.69, 9.17) is 0 Å². The average molecular weight is 476 g/mol. The summed E-state index contributed by atoms with van der Waals surface area (Å²) >= 11 is 0. The molecule has 0 saturated heterocycles. The predicted octanol–water partition coefficient (Wildman–Crippen LogP) is 8.76. The van der Waals surface area contributed by atoms with Gasteiger partial charge in [-0.2, -0.15) is 5.26 Å². The molecule has 0 N–H and O–H groups in total. The van der Waals surface area contributed by atoms with Gasteiger partial charge < -0.3 is 9.47 Å². The molecule has 3 nitrogen and oxygen atoms in total. The molecule has 0 amide bonds.